The van der Waals surface area contributed by atoms with E-state index in [1.165, 1.54) is 38.5 Å². The fourth-order valence-corrected chi connectivity index (χ4v) is 3.70. The van der Waals surface area contributed by atoms with Gasteiger partial charge in [-0.3, -0.25) is 9.69 Å². The van der Waals surface area contributed by atoms with Crippen molar-refractivity contribution >= 4 is 5.91 Å². The van der Waals surface area contributed by atoms with Gasteiger partial charge in [-0.05, 0) is 31.7 Å². The fourth-order valence-electron chi connectivity index (χ4n) is 3.70. The molecule has 5 nitrogen and oxygen atoms in total. The topological polar surface area (TPSA) is 72.8 Å². The van der Waals surface area contributed by atoms with E-state index in [4.69, 9.17) is 5.11 Å². The van der Waals surface area contributed by atoms with Crippen molar-refractivity contribution in [2.24, 2.45) is 11.8 Å². The molecule has 0 aromatic rings. The van der Waals surface area contributed by atoms with Crippen LogP contribution in [0.3, 0.4) is 0 Å². The summed E-state index contributed by atoms with van der Waals surface area (Å²) in [6.45, 7) is 4.15. The van der Waals surface area contributed by atoms with Gasteiger partial charge in [0.05, 0.1) is 12.6 Å². The molecule has 1 amide bonds. The maximum atomic E-state index is 12.2. The van der Waals surface area contributed by atoms with Gasteiger partial charge in [0.2, 0.25) is 5.91 Å². The Labute approximate surface area is 141 Å². The van der Waals surface area contributed by atoms with Crippen LogP contribution < -0.4 is 5.32 Å². The van der Waals surface area contributed by atoms with Gasteiger partial charge in [-0.1, -0.05) is 52.4 Å². The van der Waals surface area contributed by atoms with E-state index in [2.05, 4.69) is 5.32 Å². The molecule has 1 saturated carbocycles. The number of aliphatic hydroxyl groups is 2. The maximum Gasteiger partial charge on any atom is 0.237 e. The molecule has 0 heterocycles. The molecule has 1 aliphatic carbocycles. The van der Waals surface area contributed by atoms with Crippen molar-refractivity contribution in [3.8, 4) is 0 Å². The SMILES string of the molecule is CC(C)C(C(=O)NCCO)N(C)C(O)CCCC1CCCCC1. The van der Waals surface area contributed by atoms with Crippen molar-refractivity contribution in [1.29, 1.82) is 0 Å². The Hall–Kier alpha value is -0.650. The van der Waals surface area contributed by atoms with Crippen LogP contribution in [-0.2, 0) is 4.79 Å². The van der Waals surface area contributed by atoms with Crippen LogP contribution in [0.5, 0.6) is 0 Å². The number of nitrogens with one attached hydrogen (secondary N) is 1. The molecule has 2 unspecified atom stereocenters. The average molecular weight is 328 g/mol. The molecule has 0 aromatic carbocycles. The summed E-state index contributed by atoms with van der Waals surface area (Å²) in [5, 5.41) is 22.0. The lowest BCUT2D eigenvalue weighted by Gasteiger charge is -2.34. The van der Waals surface area contributed by atoms with E-state index in [-0.39, 0.29) is 31.0 Å². The molecule has 0 radical (unpaired) electrons. The highest BCUT2D eigenvalue weighted by molar-refractivity contribution is 5.82. The van der Waals surface area contributed by atoms with Crippen LogP contribution in [0.25, 0.3) is 0 Å². The van der Waals surface area contributed by atoms with Crippen molar-refractivity contribution in [2.75, 3.05) is 20.2 Å². The number of amides is 1. The fraction of sp³-hybridized carbons (Fsp3) is 0.944. The normalized spacial score (nSPS) is 19.1. The summed E-state index contributed by atoms with van der Waals surface area (Å²) in [6.07, 6.45) is 9.08. The van der Waals surface area contributed by atoms with Gasteiger partial charge in [0.1, 0.15) is 6.23 Å². The van der Waals surface area contributed by atoms with Gasteiger partial charge in [-0.2, -0.15) is 0 Å². The summed E-state index contributed by atoms with van der Waals surface area (Å²) in [5.74, 6) is 0.810. The van der Waals surface area contributed by atoms with E-state index in [0.29, 0.717) is 6.42 Å². The molecule has 1 fully saturated rings. The Bertz CT molecular complexity index is 330. The Morgan fingerprint density at radius 2 is 1.91 bits per heavy atom. The summed E-state index contributed by atoms with van der Waals surface area (Å²) < 4.78 is 0. The number of hydrogen-bond acceptors (Lipinski definition) is 4. The molecule has 1 aliphatic rings. The molecule has 136 valence electrons. The molecular weight excluding hydrogens is 292 g/mol. The van der Waals surface area contributed by atoms with Gasteiger partial charge in [0.15, 0.2) is 0 Å². The first-order chi connectivity index (χ1) is 11.0. The number of carbonyl (C=O) groups is 1. The van der Waals surface area contributed by atoms with E-state index in [1.54, 1.807) is 4.90 Å². The summed E-state index contributed by atoms with van der Waals surface area (Å²) in [7, 11) is 1.81. The smallest absolute Gasteiger partial charge is 0.237 e. The number of rotatable bonds is 10. The Balaban J connectivity index is 2.40. The van der Waals surface area contributed by atoms with Gasteiger partial charge < -0.3 is 15.5 Å². The van der Waals surface area contributed by atoms with Crippen LogP contribution >= 0.6 is 0 Å². The van der Waals surface area contributed by atoms with Gasteiger partial charge in [0.25, 0.3) is 0 Å². The van der Waals surface area contributed by atoms with Gasteiger partial charge in [-0.25, -0.2) is 0 Å². The highest BCUT2D eigenvalue weighted by Gasteiger charge is 2.30. The Morgan fingerprint density at radius 3 is 2.48 bits per heavy atom. The predicted molar refractivity (Wildman–Crippen MR) is 92.9 cm³/mol. The van der Waals surface area contributed by atoms with Gasteiger partial charge in [0, 0.05) is 6.54 Å². The predicted octanol–water partition coefficient (Wildman–Crippen LogP) is 2.12. The number of nitrogens with zero attached hydrogens (tertiary/aromatic N) is 1. The zero-order chi connectivity index (χ0) is 17.2. The first kappa shape index (κ1) is 20.4. The Morgan fingerprint density at radius 1 is 1.26 bits per heavy atom. The second-order valence-corrected chi connectivity index (χ2v) is 7.28. The van der Waals surface area contributed by atoms with E-state index >= 15 is 0 Å². The molecule has 2 atom stereocenters. The molecule has 1 rings (SSSR count). The van der Waals surface area contributed by atoms with Gasteiger partial charge >= 0.3 is 0 Å². The maximum absolute atomic E-state index is 12.2. The van der Waals surface area contributed by atoms with Crippen molar-refractivity contribution < 1.29 is 15.0 Å². The lowest BCUT2D eigenvalue weighted by molar-refractivity contribution is -0.133. The first-order valence-corrected chi connectivity index (χ1v) is 9.26. The number of likely N-dealkylation sites (N-methyl/N-ethyl adjacent to an activating group) is 1. The summed E-state index contributed by atoms with van der Waals surface area (Å²) in [6, 6.07) is -0.369. The lowest BCUT2D eigenvalue weighted by Crippen LogP contribution is -2.52. The Kier molecular flexibility index (Phi) is 9.75. The zero-order valence-corrected chi connectivity index (χ0v) is 15.1. The summed E-state index contributed by atoms with van der Waals surface area (Å²) in [4.78, 5) is 14.0. The molecule has 0 saturated heterocycles. The largest absolute Gasteiger partial charge is 0.395 e. The van der Waals surface area contributed by atoms with Crippen molar-refractivity contribution in [2.45, 2.75) is 77.5 Å². The zero-order valence-electron chi connectivity index (χ0n) is 15.1. The minimum atomic E-state index is -0.592. The van der Waals surface area contributed by atoms with Crippen LogP contribution in [0, 0.1) is 11.8 Å². The molecule has 5 heteroatoms. The highest BCUT2D eigenvalue weighted by atomic mass is 16.3. The number of carbonyl (C=O) groups excluding carboxylic acids is 1. The van der Waals surface area contributed by atoms with Crippen LogP contribution in [0.1, 0.15) is 65.2 Å². The second kappa shape index (κ2) is 11.0. The number of aliphatic hydroxyl groups excluding tert-OH is 2. The summed E-state index contributed by atoms with van der Waals surface area (Å²) >= 11 is 0. The van der Waals surface area contributed by atoms with Crippen molar-refractivity contribution in [3.63, 3.8) is 0 Å². The van der Waals surface area contributed by atoms with E-state index in [0.717, 1.165) is 12.3 Å². The third-order valence-electron chi connectivity index (χ3n) is 5.02. The second-order valence-electron chi connectivity index (χ2n) is 7.28. The third-order valence-corrected chi connectivity index (χ3v) is 5.02. The molecule has 0 bridgehead atoms. The molecular formula is C18H36N2O3. The molecule has 0 spiro atoms. The van der Waals surface area contributed by atoms with Crippen molar-refractivity contribution in [1.82, 2.24) is 10.2 Å². The molecule has 3 N–H and O–H groups in total. The molecule has 0 aliphatic heterocycles. The summed E-state index contributed by atoms with van der Waals surface area (Å²) in [5.41, 5.74) is 0. The third kappa shape index (κ3) is 7.19. The minimum absolute atomic E-state index is 0.0653. The van der Waals surface area contributed by atoms with Crippen LogP contribution in [0.4, 0.5) is 0 Å². The van der Waals surface area contributed by atoms with Gasteiger partial charge in [-0.15, -0.1) is 0 Å². The van der Waals surface area contributed by atoms with E-state index in [9.17, 15) is 9.90 Å². The highest BCUT2D eigenvalue weighted by Crippen LogP contribution is 2.28. The first-order valence-electron chi connectivity index (χ1n) is 9.26. The van der Waals surface area contributed by atoms with E-state index < -0.39 is 6.23 Å². The number of hydrogen-bond donors (Lipinski definition) is 3. The van der Waals surface area contributed by atoms with Crippen LogP contribution in [-0.4, -0.2) is 53.5 Å². The molecule has 23 heavy (non-hydrogen) atoms. The molecule has 0 aromatic heterocycles. The quantitative estimate of drug-likeness (QED) is 0.537. The monoisotopic (exact) mass is 328 g/mol. The standard InChI is InChI=1S/C18H36N2O3/c1-14(2)17(18(23)19-12-13-21)20(3)16(22)11-7-10-15-8-5-4-6-9-15/h14-17,21-22H,4-13H2,1-3H3,(H,19,23). The minimum Gasteiger partial charge on any atom is -0.395 e. The van der Waals surface area contributed by atoms with Crippen LogP contribution in [0.15, 0.2) is 0 Å². The lowest BCUT2D eigenvalue weighted by atomic mass is 9.85. The van der Waals surface area contributed by atoms with Crippen LogP contribution in [0.2, 0.25) is 0 Å². The van der Waals surface area contributed by atoms with E-state index in [1.807, 2.05) is 20.9 Å². The average Bonchev–Trinajstić information content (AvgIpc) is 2.53. The van der Waals surface area contributed by atoms with Crippen molar-refractivity contribution in [3.05, 3.63) is 0 Å².